The summed E-state index contributed by atoms with van der Waals surface area (Å²) in [6, 6.07) is 4.71. The molecule has 54 heavy (non-hydrogen) atoms. The molecule has 1 N–H and O–H groups in total. The number of rotatable bonds is 8. The topological polar surface area (TPSA) is 107 Å². The number of esters is 2. The van der Waals surface area contributed by atoms with E-state index in [1.807, 2.05) is 0 Å². The van der Waals surface area contributed by atoms with Crippen LogP contribution in [-0.2, 0) is 19.6 Å². The van der Waals surface area contributed by atoms with Crippen molar-refractivity contribution < 1.29 is 49.6 Å². The molecular formula is C42H50F4O7S. The van der Waals surface area contributed by atoms with Gasteiger partial charge in [0.25, 0.3) is 0 Å². The Bertz CT molecular complexity index is 1830. The minimum Gasteiger partial charge on any atom is -0.455 e. The number of hydrogen-bond acceptors (Lipinski definition) is 6. The minimum absolute atomic E-state index is 0.154. The van der Waals surface area contributed by atoms with Crippen LogP contribution in [0.1, 0.15) is 173 Å². The number of halogens is 4. The second-order valence-corrected chi connectivity index (χ2v) is 18.8. The van der Waals surface area contributed by atoms with Crippen LogP contribution in [0.15, 0.2) is 17.0 Å². The van der Waals surface area contributed by atoms with Gasteiger partial charge >= 0.3 is 22.1 Å². The zero-order valence-corrected chi connectivity index (χ0v) is 31.5. The molecule has 7 nitrogen and oxygen atoms in total. The first-order valence-corrected chi connectivity index (χ1v) is 21.7. The van der Waals surface area contributed by atoms with Crippen molar-refractivity contribution in [2.45, 2.75) is 157 Å². The van der Waals surface area contributed by atoms with Crippen LogP contribution in [0.3, 0.4) is 0 Å². The van der Waals surface area contributed by atoms with Gasteiger partial charge in [-0.05, 0) is 123 Å². The van der Waals surface area contributed by atoms with Crippen molar-refractivity contribution in [3.8, 4) is 5.75 Å². The van der Waals surface area contributed by atoms with Gasteiger partial charge in [-0.2, -0.15) is 17.2 Å². The molecule has 0 aromatic heterocycles. The third kappa shape index (κ3) is 7.00. The Balaban J connectivity index is 1.09. The van der Waals surface area contributed by atoms with Crippen molar-refractivity contribution in [1.82, 2.24) is 0 Å². The molecule has 7 aliphatic carbocycles. The molecule has 9 rings (SSSR count). The van der Waals surface area contributed by atoms with E-state index in [0.29, 0.717) is 49.9 Å². The first-order valence-electron chi connectivity index (χ1n) is 20.3. The third-order valence-corrected chi connectivity index (χ3v) is 14.9. The number of carbonyl (C=O) groups is 2. The van der Waals surface area contributed by atoms with E-state index in [4.69, 9.17) is 14.0 Å². The Labute approximate surface area is 314 Å². The van der Waals surface area contributed by atoms with Crippen LogP contribution in [0.25, 0.3) is 0 Å². The van der Waals surface area contributed by atoms with Crippen molar-refractivity contribution in [2.75, 3.05) is 0 Å². The fraction of sp³-hybridized carbons (Fsp3) is 0.667. The number of carbonyl (C=O) groups excluding carboxylic acids is 2. The third-order valence-electron chi connectivity index (χ3n) is 14.0. The van der Waals surface area contributed by atoms with Gasteiger partial charge in [0.05, 0.1) is 11.5 Å². The van der Waals surface area contributed by atoms with Crippen molar-refractivity contribution in [1.29, 1.82) is 0 Å². The lowest BCUT2D eigenvalue weighted by Crippen LogP contribution is -2.58. The van der Waals surface area contributed by atoms with Gasteiger partial charge in [0.1, 0.15) is 5.60 Å². The molecule has 0 radical (unpaired) electrons. The molecule has 7 aliphatic rings. The van der Waals surface area contributed by atoms with Crippen molar-refractivity contribution >= 4 is 22.1 Å². The second-order valence-electron chi connectivity index (χ2n) is 17.5. The molecule has 2 aromatic rings. The summed E-state index contributed by atoms with van der Waals surface area (Å²) in [5.74, 6) is -12.7. The van der Waals surface area contributed by atoms with Crippen LogP contribution in [0.2, 0.25) is 0 Å². The molecule has 7 fully saturated rings. The predicted molar refractivity (Wildman–Crippen MR) is 191 cm³/mol. The van der Waals surface area contributed by atoms with E-state index in [2.05, 4.69) is 12.1 Å². The predicted octanol–water partition coefficient (Wildman–Crippen LogP) is 10.6. The molecule has 2 aromatic carbocycles. The molecule has 2 atom stereocenters. The Kier molecular flexibility index (Phi) is 10.4. The van der Waals surface area contributed by atoms with Crippen LogP contribution in [0, 0.1) is 46.9 Å². The van der Waals surface area contributed by atoms with Gasteiger partial charge < -0.3 is 9.47 Å². The summed E-state index contributed by atoms with van der Waals surface area (Å²) in [7, 11) is -5.66. The SMILES string of the molecule is O=C(OC12CC3CC(C1)C(C(=O)Oc1c(F)c(F)c(S(=O)(=O)O)c(F)c1F)C(C3)C2)c1c(C2CCCCC2)cc(C2CCCCC2)cc1C1CCCCC1. The van der Waals surface area contributed by atoms with E-state index in [-0.39, 0.29) is 23.7 Å². The second kappa shape index (κ2) is 14.8. The van der Waals surface area contributed by atoms with E-state index in [9.17, 15) is 35.6 Å². The van der Waals surface area contributed by atoms with Gasteiger partial charge in [-0.25, -0.2) is 13.6 Å². The minimum atomic E-state index is -5.66. The normalized spacial score (nSPS) is 29.4. The quantitative estimate of drug-likeness (QED) is 0.0935. The standard InChI is InChI=1S/C42H50F4O7S/c43-34-36(45)39(54(49,50)51)37(46)35(44)38(34)52-40(47)32-28-16-23-17-29(32)22-42(20-23,21-28)53-41(48)33-30(25-12-6-2-7-13-25)18-27(24-10-4-1-5-11-24)19-31(33)26-14-8-3-9-15-26/h18-19,23-26,28-29,32H,1-17,20-22H2,(H,49,50,51). The highest BCUT2D eigenvalue weighted by Crippen LogP contribution is 2.60. The van der Waals surface area contributed by atoms with Gasteiger partial charge in [0.2, 0.25) is 17.4 Å². The van der Waals surface area contributed by atoms with E-state index < -0.39 is 61.5 Å². The molecular weight excluding hydrogens is 725 g/mol. The van der Waals surface area contributed by atoms with Gasteiger partial charge in [-0.15, -0.1) is 0 Å². The highest BCUT2D eigenvalue weighted by Gasteiger charge is 2.60. The van der Waals surface area contributed by atoms with Gasteiger partial charge in [0, 0.05) is 0 Å². The monoisotopic (exact) mass is 774 g/mol. The van der Waals surface area contributed by atoms with E-state index in [0.717, 1.165) is 68.1 Å². The summed E-state index contributed by atoms with van der Waals surface area (Å²) >= 11 is 0. The average Bonchev–Trinajstić information content (AvgIpc) is 3.15. The highest BCUT2D eigenvalue weighted by molar-refractivity contribution is 7.85. The Morgan fingerprint density at radius 2 is 1.13 bits per heavy atom. The fourth-order valence-corrected chi connectivity index (χ4v) is 12.5. The molecule has 0 aliphatic heterocycles. The van der Waals surface area contributed by atoms with Crippen LogP contribution < -0.4 is 4.74 Å². The molecule has 0 spiro atoms. The zero-order valence-electron chi connectivity index (χ0n) is 30.7. The molecule has 4 bridgehead atoms. The lowest BCUT2D eigenvalue weighted by molar-refractivity contribution is -0.176. The molecule has 7 saturated carbocycles. The first-order chi connectivity index (χ1) is 25.8. The number of hydrogen-bond donors (Lipinski definition) is 1. The molecule has 0 amide bonds. The molecule has 12 heteroatoms. The van der Waals surface area contributed by atoms with Crippen molar-refractivity contribution in [2.24, 2.45) is 23.7 Å². The van der Waals surface area contributed by atoms with Gasteiger partial charge in [-0.3, -0.25) is 9.35 Å². The first kappa shape index (κ1) is 37.9. The maximum atomic E-state index is 14.9. The summed E-state index contributed by atoms with van der Waals surface area (Å²) in [6.45, 7) is 0. The summed E-state index contributed by atoms with van der Waals surface area (Å²) in [6.07, 6.45) is 19.7. The van der Waals surface area contributed by atoms with Crippen LogP contribution in [-0.4, -0.2) is 30.5 Å². The Hall–Kier alpha value is -2.99. The number of ether oxygens (including phenoxy) is 2. The van der Waals surface area contributed by atoms with Crippen LogP contribution in [0.4, 0.5) is 17.6 Å². The Morgan fingerprint density at radius 1 is 0.667 bits per heavy atom. The summed E-state index contributed by atoms with van der Waals surface area (Å²) in [4.78, 5) is 26.3. The van der Waals surface area contributed by atoms with E-state index in [1.54, 1.807) is 0 Å². The zero-order chi connectivity index (χ0) is 37.9. The average molecular weight is 775 g/mol. The summed E-state index contributed by atoms with van der Waals surface area (Å²) < 4.78 is 102. The van der Waals surface area contributed by atoms with Gasteiger partial charge in [-0.1, -0.05) is 69.9 Å². The fourth-order valence-electron chi connectivity index (χ4n) is 11.9. The van der Waals surface area contributed by atoms with Crippen molar-refractivity contribution in [3.63, 3.8) is 0 Å². The summed E-state index contributed by atoms with van der Waals surface area (Å²) in [5.41, 5.74) is 3.61. The smallest absolute Gasteiger partial charge is 0.339 e. The Morgan fingerprint density at radius 3 is 1.59 bits per heavy atom. The molecule has 2 unspecified atom stereocenters. The number of benzene rings is 2. The van der Waals surface area contributed by atoms with Crippen LogP contribution >= 0.6 is 0 Å². The van der Waals surface area contributed by atoms with Crippen molar-refractivity contribution in [3.05, 3.63) is 57.7 Å². The largest absolute Gasteiger partial charge is 0.455 e. The molecule has 0 heterocycles. The van der Waals surface area contributed by atoms with Crippen LogP contribution in [0.5, 0.6) is 5.75 Å². The summed E-state index contributed by atoms with van der Waals surface area (Å²) in [5, 5.41) is 0. The highest BCUT2D eigenvalue weighted by atomic mass is 32.2. The van der Waals surface area contributed by atoms with E-state index in [1.165, 1.54) is 50.5 Å². The lowest BCUT2D eigenvalue weighted by atomic mass is 9.50. The lowest BCUT2D eigenvalue weighted by Gasteiger charge is -2.58. The maximum Gasteiger partial charge on any atom is 0.339 e. The van der Waals surface area contributed by atoms with Gasteiger partial charge in [0.15, 0.2) is 16.5 Å². The molecule has 294 valence electrons. The van der Waals surface area contributed by atoms with E-state index >= 15 is 0 Å². The maximum absolute atomic E-state index is 14.9. The molecule has 0 saturated heterocycles.